The van der Waals surface area contributed by atoms with Gasteiger partial charge in [-0.1, -0.05) is 12.5 Å². The number of hydrogen-bond acceptors (Lipinski definition) is 4. The van der Waals surface area contributed by atoms with Gasteiger partial charge in [0, 0.05) is 44.1 Å². The standard InChI is InChI=1S/C18H26N2O2/c1-21-17-15(4-2-9-19-17)12-20-13-18(7-3-8-18)16(20)14-5-10-22-11-6-14/h2,4,9,14,16H,3,5-8,10-13H2,1H3. The average molecular weight is 302 g/mol. The molecule has 120 valence electrons. The Morgan fingerprint density at radius 2 is 2.18 bits per heavy atom. The molecule has 1 aromatic rings. The lowest BCUT2D eigenvalue weighted by molar-refractivity contribution is -0.167. The lowest BCUT2D eigenvalue weighted by Crippen LogP contribution is -2.69. The molecular formula is C18H26N2O2. The average Bonchev–Trinajstić information content (AvgIpc) is 2.50. The number of nitrogens with zero attached hydrogens (tertiary/aromatic N) is 2. The Kier molecular flexibility index (Phi) is 3.82. The van der Waals surface area contributed by atoms with Gasteiger partial charge in [0.1, 0.15) is 0 Å². The Balaban J connectivity index is 1.51. The molecule has 1 aromatic heterocycles. The van der Waals surface area contributed by atoms with Crippen molar-refractivity contribution in [3.8, 4) is 5.88 Å². The number of methoxy groups -OCH3 is 1. The summed E-state index contributed by atoms with van der Waals surface area (Å²) in [7, 11) is 1.71. The van der Waals surface area contributed by atoms with Gasteiger partial charge in [0.25, 0.3) is 0 Å². The molecule has 4 heteroatoms. The molecule has 0 N–H and O–H groups in total. The van der Waals surface area contributed by atoms with Gasteiger partial charge in [0.2, 0.25) is 5.88 Å². The second-order valence-corrected chi connectivity index (χ2v) is 7.19. The van der Waals surface area contributed by atoms with E-state index in [-0.39, 0.29) is 0 Å². The van der Waals surface area contributed by atoms with E-state index in [9.17, 15) is 0 Å². The lowest BCUT2D eigenvalue weighted by atomic mass is 9.54. The molecule has 22 heavy (non-hydrogen) atoms. The number of hydrogen-bond donors (Lipinski definition) is 0. The summed E-state index contributed by atoms with van der Waals surface area (Å²) in [4.78, 5) is 7.02. The molecular weight excluding hydrogens is 276 g/mol. The molecule has 0 bridgehead atoms. The van der Waals surface area contributed by atoms with Crippen molar-refractivity contribution in [2.45, 2.75) is 44.7 Å². The van der Waals surface area contributed by atoms with E-state index in [2.05, 4.69) is 16.0 Å². The fourth-order valence-corrected chi connectivity index (χ4v) is 4.89. The summed E-state index contributed by atoms with van der Waals surface area (Å²) in [5.74, 6) is 1.59. The summed E-state index contributed by atoms with van der Waals surface area (Å²) in [5, 5.41) is 0. The molecule has 1 saturated carbocycles. The first-order valence-electron chi connectivity index (χ1n) is 8.62. The van der Waals surface area contributed by atoms with E-state index in [1.165, 1.54) is 44.2 Å². The fraction of sp³-hybridized carbons (Fsp3) is 0.722. The van der Waals surface area contributed by atoms with Crippen molar-refractivity contribution in [2.24, 2.45) is 11.3 Å². The zero-order chi connectivity index (χ0) is 15.0. The Labute approximate surface area is 132 Å². The summed E-state index contributed by atoms with van der Waals surface area (Å²) in [6, 6.07) is 4.91. The van der Waals surface area contributed by atoms with Crippen LogP contribution in [0.3, 0.4) is 0 Å². The molecule has 1 unspecified atom stereocenters. The summed E-state index contributed by atoms with van der Waals surface area (Å²) < 4.78 is 11.0. The third kappa shape index (κ3) is 2.33. The highest BCUT2D eigenvalue weighted by molar-refractivity contribution is 5.26. The molecule has 0 radical (unpaired) electrons. The van der Waals surface area contributed by atoms with Gasteiger partial charge in [0.15, 0.2) is 0 Å². The molecule has 0 amide bonds. The van der Waals surface area contributed by atoms with E-state index in [1.807, 2.05) is 12.3 Å². The van der Waals surface area contributed by atoms with Gasteiger partial charge in [-0.15, -0.1) is 0 Å². The van der Waals surface area contributed by atoms with Crippen LogP contribution in [0, 0.1) is 11.3 Å². The number of aromatic nitrogens is 1. The normalized spacial score (nSPS) is 28.1. The smallest absolute Gasteiger partial charge is 0.217 e. The summed E-state index contributed by atoms with van der Waals surface area (Å²) in [6.45, 7) is 4.12. The zero-order valence-corrected chi connectivity index (χ0v) is 13.5. The maximum atomic E-state index is 5.58. The van der Waals surface area contributed by atoms with Crippen LogP contribution >= 0.6 is 0 Å². The van der Waals surface area contributed by atoms with Gasteiger partial charge in [-0.3, -0.25) is 4.90 Å². The number of pyridine rings is 1. The van der Waals surface area contributed by atoms with Crippen LogP contribution in [0.15, 0.2) is 18.3 Å². The van der Waals surface area contributed by atoms with Crippen molar-refractivity contribution in [2.75, 3.05) is 26.9 Å². The van der Waals surface area contributed by atoms with Crippen LogP contribution in [0.2, 0.25) is 0 Å². The molecule has 0 aromatic carbocycles. The molecule has 3 heterocycles. The van der Waals surface area contributed by atoms with Crippen molar-refractivity contribution in [1.29, 1.82) is 0 Å². The largest absolute Gasteiger partial charge is 0.481 e. The summed E-state index contributed by atoms with van der Waals surface area (Å²) in [6.07, 6.45) is 8.54. The molecule has 2 saturated heterocycles. The maximum absolute atomic E-state index is 5.58. The van der Waals surface area contributed by atoms with Gasteiger partial charge >= 0.3 is 0 Å². The molecule has 4 nitrogen and oxygen atoms in total. The quantitative estimate of drug-likeness (QED) is 0.856. The van der Waals surface area contributed by atoms with E-state index in [0.29, 0.717) is 5.41 Å². The van der Waals surface area contributed by atoms with E-state index in [0.717, 1.165) is 37.6 Å². The summed E-state index contributed by atoms with van der Waals surface area (Å²) >= 11 is 0. The zero-order valence-electron chi connectivity index (χ0n) is 13.5. The Morgan fingerprint density at radius 1 is 1.36 bits per heavy atom. The van der Waals surface area contributed by atoms with E-state index < -0.39 is 0 Å². The monoisotopic (exact) mass is 302 g/mol. The van der Waals surface area contributed by atoms with Gasteiger partial charge in [0.05, 0.1) is 7.11 Å². The van der Waals surface area contributed by atoms with Crippen molar-refractivity contribution in [1.82, 2.24) is 9.88 Å². The minimum Gasteiger partial charge on any atom is -0.481 e. The number of ether oxygens (including phenoxy) is 2. The first kappa shape index (κ1) is 14.5. The topological polar surface area (TPSA) is 34.6 Å². The Bertz CT molecular complexity index is 524. The van der Waals surface area contributed by atoms with Crippen LogP contribution in [-0.4, -0.2) is 42.8 Å². The number of rotatable bonds is 4. The van der Waals surface area contributed by atoms with E-state index in [1.54, 1.807) is 7.11 Å². The number of likely N-dealkylation sites (tertiary alicyclic amines) is 1. The van der Waals surface area contributed by atoms with Crippen LogP contribution < -0.4 is 4.74 Å². The SMILES string of the molecule is COc1ncccc1CN1CC2(CCC2)C1C1CCOCC1. The maximum Gasteiger partial charge on any atom is 0.217 e. The third-order valence-electron chi connectivity index (χ3n) is 6.02. The molecule has 4 rings (SSSR count). The molecule has 2 aliphatic heterocycles. The highest BCUT2D eigenvalue weighted by atomic mass is 16.5. The first-order valence-corrected chi connectivity index (χ1v) is 8.62. The Morgan fingerprint density at radius 3 is 2.86 bits per heavy atom. The highest BCUT2D eigenvalue weighted by Crippen LogP contribution is 2.57. The minimum atomic E-state index is 0.622. The van der Waals surface area contributed by atoms with Gasteiger partial charge < -0.3 is 9.47 Å². The van der Waals surface area contributed by atoms with Crippen LogP contribution in [0.4, 0.5) is 0 Å². The van der Waals surface area contributed by atoms with Crippen LogP contribution in [0.5, 0.6) is 5.88 Å². The van der Waals surface area contributed by atoms with Crippen molar-refractivity contribution in [3.05, 3.63) is 23.9 Å². The third-order valence-corrected chi connectivity index (χ3v) is 6.02. The van der Waals surface area contributed by atoms with Crippen molar-refractivity contribution >= 4 is 0 Å². The lowest BCUT2D eigenvalue weighted by Gasteiger charge is -2.65. The van der Waals surface area contributed by atoms with Crippen LogP contribution in [0.1, 0.15) is 37.7 Å². The summed E-state index contributed by atoms with van der Waals surface area (Å²) in [5.41, 5.74) is 1.84. The van der Waals surface area contributed by atoms with Crippen LogP contribution in [0.25, 0.3) is 0 Å². The second-order valence-electron chi connectivity index (χ2n) is 7.19. The predicted molar refractivity (Wildman–Crippen MR) is 84.8 cm³/mol. The van der Waals surface area contributed by atoms with E-state index >= 15 is 0 Å². The van der Waals surface area contributed by atoms with E-state index in [4.69, 9.17) is 9.47 Å². The van der Waals surface area contributed by atoms with Gasteiger partial charge in [-0.2, -0.15) is 0 Å². The molecule has 3 aliphatic rings. The molecule has 1 atom stereocenters. The highest BCUT2D eigenvalue weighted by Gasteiger charge is 2.57. The predicted octanol–water partition coefficient (Wildman–Crippen LogP) is 2.87. The molecule has 1 aliphatic carbocycles. The molecule has 1 spiro atoms. The van der Waals surface area contributed by atoms with Crippen LogP contribution in [-0.2, 0) is 11.3 Å². The fourth-order valence-electron chi connectivity index (χ4n) is 4.89. The second kappa shape index (κ2) is 5.82. The van der Waals surface area contributed by atoms with Gasteiger partial charge in [-0.05, 0) is 43.1 Å². The van der Waals surface area contributed by atoms with Crippen molar-refractivity contribution < 1.29 is 9.47 Å². The van der Waals surface area contributed by atoms with Crippen molar-refractivity contribution in [3.63, 3.8) is 0 Å². The van der Waals surface area contributed by atoms with Gasteiger partial charge in [-0.25, -0.2) is 4.98 Å². The Hall–Kier alpha value is -1.13. The molecule has 3 fully saturated rings. The minimum absolute atomic E-state index is 0.622. The first-order chi connectivity index (χ1) is 10.8.